The van der Waals surface area contributed by atoms with E-state index in [1.54, 1.807) is 16.8 Å². The van der Waals surface area contributed by atoms with Gasteiger partial charge >= 0.3 is 0 Å². The highest BCUT2D eigenvalue weighted by atomic mass is 32.2. The topological polar surface area (TPSA) is 122 Å². The van der Waals surface area contributed by atoms with Crippen molar-refractivity contribution in [1.82, 2.24) is 29.7 Å². The Balaban J connectivity index is 1.82. The molecule has 10 nitrogen and oxygen atoms in total. The van der Waals surface area contributed by atoms with Crippen LogP contribution in [0.4, 0.5) is 4.39 Å². The van der Waals surface area contributed by atoms with E-state index in [-0.39, 0.29) is 11.6 Å². The summed E-state index contributed by atoms with van der Waals surface area (Å²) in [5, 5.41) is 7.52. The normalized spacial score (nSPS) is 13.4. The quantitative estimate of drug-likeness (QED) is 0.322. The molecular formula is C25H27FN6O4S. The van der Waals surface area contributed by atoms with Crippen molar-refractivity contribution >= 4 is 9.84 Å². The van der Waals surface area contributed by atoms with E-state index in [0.29, 0.717) is 23.0 Å². The van der Waals surface area contributed by atoms with E-state index < -0.39 is 32.8 Å². The largest absolute Gasteiger partial charge is 0.495 e. The van der Waals surface area contributed by atoms with Gasteiger partial charge in [-0.3, -0.25) is 9.55 Å². The van der Waals surface area contributed by atoms with Gasteiger partial charge < -0.3 is 9.47 Å². The Hall–Kier alpha value is -3.77. The molecule has 0 radical (unpaired) electrons. The number of aryl methyl sites for hydroxylation is 2. The van der Waals surface area contributed by atoms with E-state index in [1.165, 1.54) is 21.1 Å². The van der Waals surface area contributed by atoms with Gasteiger partial charge in [-0.2, -0.15) is 0 Å². The minimum atomic E-state index is -3.91. The first-order valence-corrected chi connectivity index (χ1v) is 13.1. The standard InChI is InChI=1S/C25H27FN6O4S/c1-15-9-10-27-19(11-15)25-31-30-21(32(25)22-16(2)7-6-8-20(22)35-4)14-37(33,34)17(3)23(36-5)24-28-12-18(26)13-29-24/h6-13,17,23H,14H2,1-5H3/t17-,23-/m0/s1. The van der Waals surface area contributed by atoms with Gasteiger partial charge in [0.25, 0.3) is 0 Å². The van der Waals surface area contributed by atoms with Crippen LogP contribution in [0.15, 0.2) is 48.9 Å². The highest BCUT2D eigenvalue weighted by Gasteiger charge is 2.35. The monoisotopic (exact) mass is 526 g/mol. The number of ether oxygens (including phenoxy) is 2. The predicted octanol–water partition coefficient (Wildman–Crippen LogP) is 3.57. The number of nitrogens with zero attached hydrogens (tertiary/aromatic N) is 6. The van der Waals surface area contributed by atoms with Crippen molar-refractivity contribution in [3.8, 4) is 23.0 Å². The van der Waals surface area contributed by atoms with Gasteiger partial charge in [0, 0.05) is 13.3 Å². The summed E-state index contributed by atoms with van der Waals surface area (Å²) >= 11 is 0. The summed E-state index contributed by atoms with van der Waals surface area (Å²) < 4.78 is 53.3. The predicted molar refractivity (Wildman–Crippen MR) is 134 cm³/mol. The minimum absolute atomic E-state index is 0.0617. The number of hydrogen-bond acceptors (Lipinski definition) is 9. The van der Waals surface area contributed by atoms with Crippen LogP contribution in [-0.2, 0) is 20.3 Å². The Morgan fingerprint density at radius 1 is 1.05 bits per heavy atom. The van der Waals surface area contributed by atoms with E-state index >= 15 is 0 Å². The van der Waals surface area contributed by atoms with Gasteiger partial charge in [-0.05, 0) is 50.1 Å². The molecule has 12 heteroatoms. The molecule has 4 aromatic rings. The third-order valence-corrected chi connectivity index (χ3v) is 8.03. The van der Waals surface area contributed by atoms with Crippen LogP contribution in [-0.4, -0.2) is 57.6 Å². The third kappa shape index (κ3) is 5.35. The number of rotatable bonds is 9. The first kappa shape index (κ1) is 26.3. The summed E-state index contributed by atoms with van der Waals surface area (Å²) in [6.07, 6.45) is 2.57. The number of aromatic nitrogens is 6. The lowest BCUT2D eigenvalue weighted by Crippen LogP contribution is -2.30. The second kappa shape index (κ2) is 10.7. The van der Waals surface area contributed by atoms with Crippen LogP contribution in [0.2, 0.25) is 0 Å². The average Bonchev–Trinajstić information content (AvgIpc) is 3.27. The van der Waals surface area contributed by atoms with Crippen LogP contribution >= 0.6 is 0 Å². The molecule has 194 valence electrons. The molecular weight excluding hydrogens is 499 g/mol. The zero-order valence-corrected chi connectivity index (χ0v) is 21.9. The number of halogens is 1. The minimum Gasteiger partial charge on any atom is -0.495 e. The van der Waals surface area contributed by atoms with Gasteiger partial charge in [-0.25, -0.2) is 22.8 Å². The van der Waals surface area contributed by atoms with E-state index in [9.17, 15) is 12.8 Å². The average molecular weight is 527 g/mol. The molecule has 2 atom stereocenters. The van der Waals surface area contributed by atoms with Crippen LogP contribution in [0.3, 0.4) is 0 Å². The summed E-state index contributed by atoms with van der Waals surface area (Å²) in [4.78, 5) is 12.3. The maximum absolute atomic E-state index is 13.6. The molecule has 0 bridgehead atoms. The number of pyridine rings is 1. The summed E-state index contributed by atoms with van der Waals surface area (Å²) in [6, 6.07) is 9.21. The van der Waals surface area contributed by atoms with Crippen molar-refractivity contribution in [2.45, 2.75) is 37.9 Å². The van der Waals surface area contributed by atoms with Crippen molar-refractivity contribution in [3.63, 3.8) is 0 Å². The van der Waals surface area contributed by atoms with Gasteiger partial charge in [0.15, 0.2) is 33.1 Å². The van der Waals surface area contributed by atoms with Gasteiger partial charge in [-0.1, -0.05) is 12.1 Å². The summed E-state index contributed by atoms with van der Waals surface area (Å²) in [5.74, 6) is 0.0334. The summed E-state index contributed by atoms with van der Waals surface area (Å²) in [7, 11) is -1.01. The molecule has 0 saturated heterocycles. The first-order valence-electron chi connectivity index (χ1n) is 11.4. The molecule has 3 heterocycles. The van der Waals surface area contributed by atoms with Crippen molar-refractivity contribution < 1.29 is 22.3 Å². The lowest BCUT2D eigenvalue weighted by molar-refractivity contribution is 0.0946. The Morgan fingerprint density at radius 3 is 2.43 bits per heavy atom. The van der Waals surface area contributed by atoms with Crippen molar-refractivity contribution in [2.75, 3.05) is 14.2 Å². The fourth-order valence-corrected chi connectivity index (χ4v) is 5.45. The molecule has 0 aliphatic heterocycles. The molecule has 37 heavy (non-hydrogen) atoms. The van der Waals surface area contributed by atoms with Crippen LogP contribution in [0, 0.1) is 19.7 Å². The zero-order valence-electron chi connectivity index (χ0n) is 21.1. The second-order valence-corrected chi connectivity index (χ2v) is 10.9. The molecule has 0 aliphatic carbocycles. The van der Waals surface area contributed by atoms with Crippen LogP contribution in [0.1, 0.15) is 35.8 Å². The van der Waals surface area contributed by atoms with E-state index in [0.717, 1.165) is 23.5 Å². The second-order valence-electron chi connectivity index (χ2n) is 8.55. The smallest absolute Gasteiger partial charge is 0.187 e. The molecule has 0 saturated carbocycles. The highest BCUT2D eigenvalue weighted by Crippen LogP contribution is 2.33. The molecule has 0 N–H and O–H groups in total. The number of methoxy groups -OCH3 is 2. The Morgan fingerprint density at radius 2 is 1.78 bits per heavy atom. The third-order valence-electron chi connectivity index (χ3n) is 5.99. The van der Waals surface area contributed by atoms with E-state index in [4.69, 9.17) is 9.47 Å². The summed E-state index contributed by atoms with van der Waals surface area (Å²) in [6.45, 7) is 5.31. The van der Waals surface area contributed by atoms with Crippen molar-refractivity contribution in [1.29, 1.82) is 0 Å². The molecule has 3 aromatic heterocycles. The molecule has 0 unspecified atom stereocenters. The van der Waals surface area contributed by atoms with Crippen LogP contribution < -0.4 is 4.74 Å². The van der Waals surface area contributed by atoms with Gasteiger partial charge in [0.1, 0.15) is 23.3 Å². The van der Waals surface area contributed by atoms with Gasteiger partial charge in [0.05, 0.1) is 30.4 Å². The molecule has 4 rings (SSSR count). The van der Waals surface area contributed by atoms with Crippen LogP contribution in [0.25, 0.3) is 17.2 Å². The lowest BCUT2D eigenvalue weighted by atomic mass is 10.1. The van der Waals surface area contributed by atoms with Crippen molar-refractivity contribution in [3.05, 3.63) is 77.5 Å². The van der Waals surface area contributed by atoms with Crippen molar-refractivity contribution in [2.24, 2.45) is 0 Å². The number of sulfone groups is 1. The highest BCUT2D eigenvalue weighted by molar-refractivity contribution is 7.91. The maximum Gasteiger partial charge on any atom is 0.187 e. The number of hydrogen-bond donors (Lipinski definition) is 0. The fourth-order valence-electron chi connectivity index (χ4n) is 4.03. The van der Waals surface area contributed by atoms with Crippen LogP contribution in [0.5, 0.6) is 5.75 Å². The Kier molecular flexibility index (Phi) is 7.60. The molecule has 0 fully saturated rings. The lowest BCUT2D eigenvalue weighted by Gasteiger charge is -2.22. The fraction of sp³-hybridized carbons (Fsp3) is 0.320. The van der Waals surface area contributed by atoms with Gasteiger partial charge in [0.2, 0.25) is 0 Å². The molecule has 1 aromatic carbocycles. The van der Waals surface area contributed by atoms with E-state index in [2.05, 4.69) is 25.1 Å². The zero-order chi connectivity index (χ0) is 26.7. The number of benzene rings is 1. The first-order chi connectivity index (χ1) is 17.7. The Labute approximate surface area is 214 Å². The molecule has 0 spiro atoms. The number of para-hydroxylation sites is 1. The summed E-state index contributed by atoms with van der Waals surface area (Å²) in [5.41, 5.74) is 2.93. The molecule has 0 amide bonds. The van der Waals surface area contributed by atoms with Gasteiger partial charge in [-0.15, -0.1) is 10.2 Å². The van der Waals surface area contributed by atoms with E-state index in [1.807, 2.05) is 38.1 Å². The molecule has 0 aliphatic rings. The maximum atomic E-state index is 13.6. The Bertz CT molecular complexity index is 1510. The SMILES string of the molecule is COc1cccc(C)c1-n1c(CS(=O)(=O)[C@@H](C)[C@H](OC)c2ncc(F)cn2)nnc1-c1cc(C)ccn1.